The summed E-state index contributed by atoms with van der Waals surface area (Å²) in [7, 11) is 0. The van der Waals surface area contributed by atoms with Crippen LogP contribution in [0.2, 0.25) is 0 Å². The average molecular weight is 229 g/mol. The Kier molecular flexibility index (Phi) is 2.51. The molecule has 1 aromatic rings. The van der Waals surface area contributed by atoms with Crippen molar-refractivity contribution in [2.75, 3.05) is 0 Å². The van der Waals surface area contributed by atoms with E-state index in [1.807, 2.05) is 6.07 Å². The number of benzene rings is 1. The van der Waals surface area contributed by atoms with Crippen LogP contribution in [0.1, 0.15) is 0 Å². The van der Waals surface area contributed by atoms with Crippen LogP contribution in [-0.4, -0.2) is 0 Å². The Morgan fingerprint density at radius 1 is 1.00 bits per heavy atom. The first kappa shape index (κ1) is 5.93. The van der Waals surface area contributed by atoms with Gasteiger partial charge in [0, 0.05) is 0 Å². The molecular weight excluding hydrogens is 224 g/mol. The Labute approximate surface area is 76.0 Å². The molecule has 0 bridgehead atoms. The summed E-state index contributed by atoms with van der Waals surface area (Å²) >= 11 is 1.72. The van der Waals surface area contributed by atoms with Gasteiger partial charge in [0.15, 0.2) is 0 Å². The van der Waals surface area contributed by atoms with Crippen LogP contribution in [0, 0.1) is 47.0 Å². The molecule has 1 rings (SSSR count). The third-order valence-electron chi connectivity index (χ3n) is 0.733. The molecule has 0 aliphatic rings. The second-order valence-electron chi connectivity index (χ2n) is 1.30. The number of hydrogen-bond donors (Lipinski definition) is 0. The van der Waals surface area contributed by atoms with Crippen molar-refractivity contribution in [3.63, 3.8) is 0 Å². The van der Waals surface area contributed by atoms with E-state index in [2.05, 4.69) is 24.3 Å². The third kappa shape index (κ3) is 2.03. The maximum atomic E-state index is 2.11. The predicted octanol–water partition coefficient (Wildman–Crippen LogP) is 0.861. The van der Waals surface area contributed by atoms with E-state index in [9.17, 15) is 0 Å². The van der Waals surface area contributed by atoms with Gasteiger partial charge in [-0.05, 0) is 0 Å². The van der Waals surface area contributed by atoms with Gasteiger partial charge in [0.2, 0.25) is 0 Å². The fourth-order valence-electron chi connectivity index (χ4n) is 0.415. The molecule has 34 valence electrons. The molecule has 0 aromatic heterocycles. The third-order valence-corrected chi connectivity index (χ3v) is 1.54. The summed E-state index contributed by atoms with van der Waals surface area (Å²) < 4.78 is 1.38. The molecule has 0 spiro atoms. The van der Waals surface area contributed by atoms with E-state index in [4.69, 9.17) is 0 Å². The van der Waals surface area contributed by atoms with E-state index in [1.54, 1.807) is 47.0 Å². The van der Waals surface area contributed by atoms with E-state index < -0.39 is 0 Å². The van der Waals surface area contributed by atoms with Crippen molar-refractivity contribution in [1.82, 2.24) is 0 Å². The zero-order valence-corrected chi connectivity index (χ0v) is 6.19. The predicted molar refractivity (Wildman–Crippen MR) is 26.1 cm³/mol. The Morgan fingerprint density at radius 2 is 1.57 bits per heavy atom. The topological polar surface area (TPSA) is 0 Å². The van der Waals surface area contributed by atoms with Gasteiger partial charge in [-0.15, -0.1) is 0 Å². The molecule has 1 heteroatoms. The Balaban J connectivity index is 3.02. The van der Waals surface area contributed by atoms with Gasteiger partial charge in [-0.1, -0.05) is 0 Å². The fourth-order valence-corrected chi connectivity index (χ4v) is 0.881. The molecule has 0 saturated heterocycles. The number of rotatable bonds is 0. The summed E-state index contributed by atoms with van der Waals surface area (Å²) in [6.45, 7) is 0. The van der Waals surface area contributed by atoms with Crippen LogP contribution >= 0.6 is 0 Å². The molecule has 0 unspecified atom stereocenters. The van der Waals surface area contributed by atoms with E-state index in [0.717, 1.165) is 0 Å². The molecule has 7 heavy (non-hydrogen) atoms. The van der Waals surface area contributed by atoms with Gasteiger partial charge in [0.1, 0.15) is 0 Å². The Morgan fingerprint density at radius 3 is 1.86 bits per heavy atom. The summed E-state index contributed by atoms with van der Waals surface area (Å²) in [4.78, 5) is 0. The molecule has 1 aromatic carbocycles. The molecule has 0 fully saturated rings. The van der Waals surface area contributed by atoms with Crippen LogP contribution in [0.15, 0.2) is 30.3 Å². The number of hydrogen-bond acceptors (Lipinski definition) is 0. The van der Waals surface area contributed by atoms with Crippen LogP contribution in [0.5, 0.6) is 0 Å². The minimum absolute atomic E-state index is 1.38. The van der Waals surface area contributed by atoms with Crippen LogP contribution < -0.4 is -0.0424 Å². The standard InChI is InChI=1S/C6H5.Eu/c1-2-4-6-5-3-1;/h1-5H;/q;+2. The van der Waals surface area contributed by atoms with Crippen molar-refractivity contribution in [2.24, 2.45) is 0 Å². The van der Waals surface area contributed by atoms with Crippen molar-refractivity contribution >= 4 is -0.0424 Å². The van der Waals surface area contributed by atoms with Crippen LogP contribution in [0.4, 0.5) is 0 Å². The molecule has 0 saturated carbocycles. The molecule has 0 aliphatic heterocycles. The van der Waals surface area contributed by atoms with Crippen molar-refractivity contribution in [3.8, 4) is 0 Å². The van der Waals surface area contributed by atoms with Crippen molar-refractivity contribution < 1.29 is 47.0 Å². The van der Waals surface area contributed by atoms with Gasteiger partial charge in [0.25, 0.3) is 0 Å². The zero-order valence-electron chi connectivity index (χ0n) is 3.76. The molecule has 0 N–H and O–H groups in total. The Bertz CT molecular complexity index is 134. The van der Waals surface area contributed by atoms with Crippen LogP contribution in [0.25, 0.3) is 0 Å². The van der Waals surface area contributed by atoms with Crippen LogP contribution in [0.3, 0.4) is 0 Å². The van der Waals surface area contributed by atoms with Crippen molar-refractivity contribution in [1.29, 1.82) is 0 Å². The van der Waals surface area contributed by atoms with Gasteiger partial charge >= 0.3 is 77.3 Å². The first-order chi connectivity index (χ1) is 3.39. The van der Waals surface area contributed by atoms with Crippen molar-refractivity contribution in [2.45, 2.75) is 0 Å². The van der Waals surface area contributed by atoms with Crippen molar-refractivity contribution in [3.05, 3.63) is 30.3 Å². The van der Waals surface area contributed by atoms with E-state index in [0.29, 0.717) is 0 Å². The fraction of sp³-hybridized carbons (Fsp3) is 0. The summed E-state index contributed by atoms with van der Waals surface area (Å²) in [6.07, 6.45) is 0. The van der Waals surface area contributed by atoms with Crippen LogP contribution in [-0.2, 0) is 0 Å². The normalized spacial score (nSPS) is 8.57. The first-order valence-corrected chi connectivity index (χ1v) is 3.31. The molecule has 0 atom stereocenters. The Hall–Kier alpha value is 0.804. The zero-order chi connectivity index (χ0) is 5.11. The summed E-state index contributed by atoms with van der Waals surface area (Å²) in [5, 5.41) is 0. The first-order valence-electron chi connectivity index (χ1n) is 2.10. The molecular formula is C6H5Eu+2. The van der Waals surface area contributed by atoms with Gasteiger partial charge in [-0.2, -0.15) is 0 Å². The summed E-state index contributed by atoms with van der Waals surface area (Å²) in [5.74, 6) is 0. The molecule has 0 radical (unpaired) electrons. The van der Waals surface area contributed by atoms with Gasteiger partial charge in [0.05, 0.1) is 0 Å². The quantitative estimate of drug-likeness (QED) is 0.619. The summed E-state index contributed by atoms with van der Waals surface area (Å²) in [5.41, 5.74) is 0. The maximum absolute atomic E-state index is 2.11. The van der Waals surface area contributed by atoms with E-state index >= 15 is 0 Å². The molecule has 0 amide bonds. The molecule has 0 aliphatic carbocycles. The van der Waals surface area contributed by atoms with Gasteiger partial charge in [-0.25, -0.2) is 0 Å². The van der Waals surface area contributed by atoms with Gasteiger partial charge < -0.3 is 0 Å². The SMILES string of the molecule is [Eu+2][c]1ccccc1. The van der Waals surface area contributed by atoms with E-state index in [-0.39, 0.29) is 0 Å². The summed E-state index contributed by atoms with van der Waals surface area (Å²) in [6, 6.07) is 10.3. The molecule has 0 heterocycles. The second-order valence-corrected chi connectivity index (χ2v) is 2.70. The van der Waals surface area contributed by atoms with Gasteiger partial charge in [-0.3, -0.25) is 0 Å². The monoisotopic (exact) mass is 230 g/mol. The average Bonchev–Trinajstić information content (AvgIpc) is 1.69. The minimum atomic E-state index is 1.38. The van der Waals surface area contributed by atoms with E-state index in [1.165, 1.54) is -0.0424 Å². The second kappa shape index (κ2) is 2.96. The molecule has 0 nitrogen and oxygen atoms in total.